The Morgan fingerprint density at radius 3 is 2.57 bits per heavy atom. The number of nitrogens with zero attached hydrogens (tertiary/aromatic N) is 1. The van der Waals surface area contributed by atoms with Crippen LogP contribution < -0.4 is 10.5 Å². The van der Waals surface area contributed by atoms with E-state index >= 15 is 0 Å². The van der Waals surface area contributed by atoms with Crippen LogP contribution in [-0.4, -0.2) is 4.92 Å². The van der Waals surface area contributed by atoms with Crippen LogP contribution in [0.4, 0.5) is 5.69 Å². The highest BCUT2D eigenvalue weighted by Crippen LogP contribution is 2.38. The number of benzene rings is 2. The second kappa shape index (κ2) is 6.69. The maximum atomic E-state index is 10.9. The van der Waals surface area contributed by atoms with Crippen molar-refractivity contribution >= 4 is 21.6 Å². The van der Waals surface area contributed by atoms with Crippen LogP contribution in [-0.2, 0) is 0 Å². The van der Waals surface area contributed by atoms with Gasteiger partial charge >= 0.3 is 0 Å². The van der Waals surface area contributed by atoms with E-state index in [1.807, 2.05) is 25.1 Å². The Bertz CT molecular complexity index is 661. The van der Waals surface area contributed by atoms with Gasteiger partial charge in [-0.05, 0) is 34.5 Å². The smallest absolute Gasteiger partial charge is 0.287 e. The highest BCUT2D eigenvalue weighted by atomic mass is 79.9. The van der Waals surface area contributed by atoms with Crippen molar-refractivity contribution in [2.45, 2.75) is 19.4 Å². The zero-order valence-electron chi connectivity index (χ0n) is 11.5. The Balaban J connectivity index is 2.40. The van der Waals surface area contributed by atoms with Crippen molar-refractivity contribution in [2.75, 3.05) is 0 Å². The van der Waals surface area contributed by atoms with Crippen molar-refractivity contribution < 1.29 is 9.66 Å². The normalized spacial score (nSPS) is 12.0. The molecule has 6 heteroatoms. The molecule has 0 aromatic heterocycles. The summed E-state index contributed by atoms with van der Waals surface area (Å²) < 4.78 is 6.14. The molecule has 0 aliphatic carbocycles. The predicted molar refractivity (Wildman–Crippen MR) is 84.5 cm³/mol. The molecule has 2 rings (SSSR count). The highest BCUT2D eigenvalue weighted by molar-refractivity contribution is 9.10. The fraction of sp³-hybridized carbons (Fsp3) is 0.200. The van der Waals surface area contributed by atoms with Crippen LogP contribution in [0.3, 0.4) is 0 Å². The molecule has 21 heavy (non-hydrogen) atoms. The summed E-state index contributed by atoms with van der Waals surface area (Å²) in [5, 5.41) is 10.9. The number of nitro benzene ring substituents is 1. The summed E-state index contributed by atoms with van der Waals surface area (Å²) in [6, 6.07) is 12.0. The molecule has 0 amide bonds. The molecule has 0 bridgehead atoms. The van der Waals surface area contributed by atoms with E-state index < -0.39 is 4.92 Å². The van der Waals surface area contributed by atoms with Crippen LogP contribution in [0.15, 0.2) is 46.9 Å². The second-order valence-electron chi connectivity index (χ2n) is 4.50. The molecule has 0 saturated carbocycles. The van der Waals surface area contributed by atoms with Gasteiger partial charge < -0.3 is 10.5 Å². The molecule has 0 fully saturated rings. The quantitative estimate of drug-likeness (QED) is 0.633. The standard InChI is InChI=1S/C15H15BrN2O3/c1-2-11(17)10-6-3-4-8-13(10)21-14-9-5-7-12(15(14)16)18(19)20/h3-9,11H,2,17H2,1H3/t11-/m1/s1. The van der Waals surface area contributed by atoms with Crippen LogP contribution in [0.25, 0.3) is 0 Å². The number of nitro groups is 1. The Hall–Kier alpha value is -1.92. The van der Waals surface area contributed by atoms with Gasteiger partial charge in [0.05, 0.1) is 4.92 Å². The lowest BCUT2D eigenvalue weighted by Gasteiger charge is -2.16. The number of para-hydroxylation sites is 1. The summed E-state index contributed by atoms with van der Waals surface area (Å²) in [5.41, 5.74) is 6.90. The number of hydrogen-bond acceptors (Lipinski definition) is 4. The van der Waals surface area contributed by atoms with Gasteiger partial charge in [-0.1, -0.05) is 31.2 Å². The van der Waals surface area contributed by atoms with Gasteiger partial charge in [-0.25, -0.2) is 0 Å². The fourth-order valence-corrected chi connectivity index (χ4v) is 2.43. The first-order chi connectivity index (χ1) is 10.0. The minimum atomic E-state index is -0.458. The third-order valence-corrected chi connectivity index (χ3v) is 3.91. The van der Waals surface area contributed by atoms with Gasteiger partial charge in [-0.3, -0.25) is 10.1 Å². The summed E-state index contributed by atoms with van der Waals surface area (Å²) in [7, 11) is 0. The number of nitrogens with two attached hydrogens (primary N) is 1. The minimum Gasteiger partial charge on any atom is -0.456 e. The summed E-state index contributed by atoms with van der Waals surface area (Å²) in [5.74, 6) is 0.994. The van der Waals surface area contributed by atoms with Crippen LogP contribution in [0, 0.1) is 10.1 Å². The number of ether oxygens (including phenoxy) is 1. The summed E-state index contributed by atoms with van der Waals surface area (Å²) in [6.45, 7) is 1.99. The zero-order chi connectivity index (χ0) is 15.4. The SMILES string of the molecule is CC[C@@H](N)c1ccccc1Oc1cccc([N+](=O)[O-])c1Br. The van der Waals surface area contributed by atoms with Crippen molar-refractivity contribution in [1.29, 1.82) is 0 Å². The van der Waals surface area contributed by atoms with E-state index in [-0.39, 0.29) is 11.7 Å². The molecule has 2 aromatic carbocycles. The first-order valence-electron chi connectivity index (χ1n) is 6.49. The van der Waals surface area contributed by atoms with E-state index in [4.69, 9.17) is 10.5 Å². The second-order valence-corrected chi connectivity index (χ2v) is 5.29. The summed E-state index contributed by atoms with van der Waals surface area (Å²) in [4.78, 5) is 10.5. The molecule has 0 unspecified atom stereocenters. The van der Waals surface area contributed by atoms with Crippen molar-refractivity contribution in [3.05, 3.63) is 62.6 Å². The largest absolute Gasteiger partial charge is 0.456 e. The van der Waals surface area contributed by atoms with Crippen LogP contribution in [0.1, 0.15) is 24.9 Å². The van der Waals surface area contributed by atoms with Crippen LogP contribution >= 0.6 is 15.9 Å². The van der Waals surface area contributed by atoms with Gasteiger partial charge in [0.25, 0.3) is 5.69 Å². The Morgan fingerprint density at radius 1 is 1.24 bits per heavy atom. The van der Waals surface area contributed by atoms with Crippen LogP contribution in [0.5, 0.6) is 11.5 Å². The van der Waals surface area contributed by atoms with E-state index in [1.165, 1.54) is 6.07 Å². The Labute approximate surface area is 131 Å². The summed E-state index contributed by atoms with van der Waals surface area (Å²) in [6.07, 6.45) is 0.774. The molecule has 0 aliphatic heterocycles. The lowest BCUT2D eigenvalue weighted by atomic mass is 10.0. The third kappa shape index (κ3) is 3.40. The first kappa shape index (κ1) is 15.5. The number of hydrogen-bond donors (Lipinski definition) is 1. The van der Waals surface area contributed by atoms with Gasteiger partial charge in [0.15, 0.2) is 0 Å². The topological polar surface area (TPSA) is 78.4 Å². The molecule has 5 nitrogen and oxygen atoms in total. The van der Waals surface area contributed by atoms with E-state index in [9.17, 15) is 10.1 Å². The maximum Gasteiger partial charge on any atom is 0.287 e. The molecule has 0 aliphatic rings. The van der Waals surface area contributed by atoms with Crippen molar-refractivity contribution in [3.63, 3.8) is 0 Å². The van der Waals surface area contributed by atoms with E-state index in [0.717, 1.165) is 12.0 Å². The number of rotatable bonds is 5. The first-order valence-corrected chi connectivity index (χ1v) is 7.29. The monoisotopic (exact) mass is 350 g/mol. The molecule has 1 atom stereocenters. The maximum absolute atomic E-state index is 10.9. The van der Waals surface area contributed by atoms with Gasteiger partial charge in [0.1, 0.15) is 16.0 Å². The van der Waals surface area contributed by atoms with E-state index in [0.29, 0.717) is 16.0 Å². The van der Waals surface area contributed by atoms with E-state index in [1.54, 1.807) is 18.2 Å². The van der Waals surface area contributed by atoms with Gasteiger partial charge in [-0.2, -0.15) is 0 Å². The Kier molecular flexibility index (Phi) is 4.93. The highest BCUT2D eigenvalue weighted by Gasteiger charge is 2.18. The van der Waals surface area contributed by atoms with Crippen LogP contribution in [0.2, 0.25) is 0 Å². The molecule has 0 radical (unpaired) electrons. The van der Waals surface area contributed by atoms with Gasteiger partial charge in [0, 0.05) is 17.7 Å². The minimum absolute atomic E-state index is 0.0372. The Morgan fingerprint density at radius 2 is 1.90 bits per heavy atom. The van der Waals surface area contributed by atoms with Crippen molar-refractivity contribution in [1.82, 2.24) is 0 Å². The van der Waals surface area contributed by atoms with Crippen molar-refractivity contribution in [3.8, 4) is 11.5 Å². The molecule has 110 valence electrons. The lowest BCUT2D eigenvalue weighted by molar-refractivity contribution is -0.385. The molecule has 2 aromatic rings. The zero-order valence-corrected chi connectivity index (χ0v) is 13.0. The average molecular weight is 351 g/mol. The predicted octanol–water partition coefficient (Wildman–Crippen LogP) is 4.56. The van der Waals surface area contributed by atoms with Gasteiger partial charge in [0.2, 0.25) is 0 Å². The molecule has 2 N–H and O–H groups in total. The summed E-state index contributed by atoms with van der Waals surface area (Å²) >= 11 is 3.22. The third-order valence-electron chi connectivity index (χ3n) is 3.12. The molecular weight excluding hydrogens is 336 g/mol. The molecule has 0 saturated heterocycles. The van der Waals surface area contributed by atoms with Crippen molar-refractivity contribution in [2.24, 2.45) is 5.73 Å². The fourth-order valence-electron chi connectivity index (χ4n) is 1.94. The molecule has 0 heterocycles. The van der Waals surface area contributed by atoms with E-state index in [2.05, 4.69) is 15.9 Å². The molecular formula is C15H15BrN2O3. The molecule has 0 spiro atoms. The van der Waals surface area contributed by atoms with Gasteiger partial charge in [-0.15, -0.1) is 0 Å². The average Bonchev–Trinajstić information content (AvgIpc) is 2.49. The number of halogens is 1. The lowest BCUT2D eigenvalue weighted by Crippen LogP contribution is -2.09.